The molecule has 1 heterocycles. The first kappa shape index (κ1) is 24.7. The highest BCUT2D eigenvalue weighted by molar-refractivity contribution is 5.98. The van der Waals surface area contributed by atoms with Crippen LogP contribution in [-0.2, 0) is 25.5 Å². The third-order valence-corrected chi connectivity index (χ3v) is 5.05. The Morgan fingerprint density at radius 2 is 1.24 bits per heavy atom. The number of allylic oxidation sites excluding steroid dienone is 2. The summed E-state index contributed by atoms with van der Waals surface area (Å²) >= 11 is 0. The maximum absolute atomic E-state index is 13.1. The molecule has 0 fully saturated rings. The van der Waals surface area contributed by atoms with E-state index in [4.69, 9.17) is 9.47 Å². The SMILES string of the molecule is CC1=C(C(=O)OC(C)(C#N)C#N)C(Cc2ccccc2)C(C(=O)OC(C)(C#N)C#N)=C(C)N1. The van der Waals surface area contributed by atoms with Crippen molar-refractivity contribution in [2.75, 3.05) is 0 Å². The predicted molar refractivity (Wildman–Crippen MR) is 114 cm³/mol. The van der Waals surface area contributed by atoms with Gasteiger partial charge in [0.2, 0.25) is 0 Å². The van der Waals surface area contributed by atoms with Crippen LogP contribution < -0.4 is 5.32 Å². The van der Waals surface area contributed by atoms with E-state index in [-0.39, 0.29) is 17.6 Å². The van der Waals surface area contributed by atoms with Gasteiger partial charge in [-0.05, 0) is 25.8 Å². The Labute approximate surface area is 191 Å². The van der Waals surface area contributed by atoms with Crippen molar-refractivity contribution in [1.29, 1.82) is 21.0 Å². The maximum atomic E-state index is 13.1. The number of dihydropyridines is 1. The van der Waals surface area contributed by atoms with Gasteiger partial charge in [-0.3, -0.25) is 0 Å². The second-order valence-electron chi connectivity index (χ2n) is 7.74. The molecule has 0 bridgehead atoms. The van der Waals surface area contributed by atoms with Gasteiger partial charge in [0.1, 0.15) is 24.3 Å². The molecule has 0 amide bonds. The summed E-state index contributed by atoms with van der Waals surface area (Å²) in [6, 6.07) is 15.6. The molecule has 9 nitrogen and oxygen atoms in total. The van der Waals surface area contributed by atoms with Crippen LogP contribution in [0.5, 0.6) is 0 Å². The van der Waals surface area contributed by atoms with E-state index in [1.165, 1.54) is 0 Å². The molecule has 1 aliphatic heterocycles. The van der Waals surface area contributed by atoms with E-state index >= 15 is 0 Å². The molecule has 0 radical (unpaired) electrons. The number of rotatable bonds is 6. The summed E-state index contributed by atoms with van der Waals surface area (Å²) in [5.74, 6) is -2.79. The second-order valence-corrected chi connectivity index (χ2v) is 7.74. The van der Waals surface area contributed by atoms with Crippen LogP contribution in [0.1, 0.15) is 33.3 Å². The fourth-order valence-corrected chi connectivity index (χ4v) is 3.35. The summed E-state index contributed by atoms with van der Waals surface area (Å²) < 4.78 is 10.4. The number of nitriles is 4. The summed E-state index contributed by atoms with van der Waals surface area (Å²) in [6.07, 6.45) is 0.178. The summed E-state index contributed by atoms with van der Waals surface area (Å²) in [4.78, 5) is 26.2. The normalized spacial score (nSPS) is 14.2. The van der Waals surface area contributed by atoms with Crippen LogP contribution in [0.25, 0.3) is 0 Å². The third kappa shape index (κ3) is 5.37. The largest absolute Gasteiger partial charge is 0.427 e. The van der Waals surface area contributed by atoms with E-state index < -0.39 is 29.1 Å². The minimum atomic E-state index is -2.03. The van der Waals surface area contributed by atoms with Crippen molar-refractivity contribution >= 4 is 11.9 Å². The zero-order valence-electron chi connectivity index (χ0n) is 18.6. The minimum absolute atomic E-state index is 0.0312. The van der Waals surface area contributed by atoms with Gasteiger partial charge in [0.05, 0.1) is 11.1 Å². The van der Waals surface area contributed by atoms with Crippen molar-refractivity contribution in [1.82, 2.24) is 5.32 Å². The van der Waals surface area contributed by atoms with Crippen LogP contribution in [0.2, 0.25) is 0 Å². The lowest BCUT2D eigenvalue weighted by atomic mass is 9.81. The number of benzene rings is 1. The number of esters is 2. The van der Waals surface area contributed by atoms with Crippen LogP contribution in [-0.4, -0.2) is 23.1 Å². The Hall–Kier alpha value is -4.60. The Bertz CT molecular complexity index is 1100. The smallest absolute Gasteiger partial charge is 0.338 e. The van der Waals surface area contributed by atoms with Crippen molar-refractivity contribution in [3.63, 3.8) is 0 Å². The molecule has 0 spiro atoms. The Balaban J connectivity index is 2.58. The van der Waals surface area contributed by atoms with Gasteiger partial charge >= 0.3 is 11.9 Å². The van der Waals surface area contributed by atoms with Gasteiger partial charge in [-0.2, -0.15) is 21.0 Å². The zero-order chi connectivity index (χ0) is 24.8. The number of hydrogen-bond acceptors (Lipinski definition) is 9. The molecule has 33 heavy (non-hydrogen) atoms. The lowest BCUT2D eigenvalue weighted by Crippen LogP contribution is -2.39. The molecule has 2 rings (SSSR count). The number of nitrogens with one attached hydrogen (secondary N) is 1. The van der Waals surface area contributed by atoms with Crippen molar-refractivity contribution in [3.05, 3.63) is 58.4 Å². The number of carbonyl (C=O) groups is 2. The maximum Gasteiger partial charge on any atom is 0.338 e. The molecule has 166 valence electrons. The molecule has 0 atom stereocenters. The van der Waals surface area contributed by atoms with E-state index in [9.17, 15) is 30.6 Å². The molecule has 0 aromatic heterocycles. The molecule has 1 aromatic rings. The standard InChI is InChI=1S/C24H21N5O4/c1-15-19(21(30)32-23(3,11-25)12-26)18(10-17-8-6-5-7-9-17)20(16(2)29-15)22(31)33-24(4,13-27)14-28/h5-9,18,29H,10H2,1-4H3. The topological polar surface area (TPSA) is 160 Å². The van der Waals surface area contributed by atoms with Crippen molar-refractivity contribution < 1.29 is 19.1 Å². The van der Waals surface area contributed by atoms with Gasteiger partial charge in [-0.15, -0.1) is 0 Å². The molecule has 0 unspecified atom stereocenters. The fraction of sp³-hybridized carbons (Fsp3) is 0.333. The first-order valence-corrected chi connectivity index (χ1v) is 9.87. The summed E-state index contributed by atoms with van der Waals surface area (Å²) in [5, 5.41) is 39.9. The number of ether oxygens (including phenoxy) is 2. The highest BCUT2D eigenvalue weighted by Crippen LogP contribution is 2.35. The number of carbonyl (C=O) groups excluding carboxylic acids is 2. The Morgan fingerprint density at radius 3 is 1.61 bits per heavy atom. The summed E-state index contributed by atoms with van der Waals surface area (Å²) in [6.45, 7) is 5.52. The lowest BCUT2D eigenvalue weighted by Gasteiger charge is -2.31. The predicted octanol–water partition coefficient (Wildman–Crippen LogP) is 2.69. The van der Waals surface area contributed by atoms with E-state index in [0.717, 1.165) is 19.4 Å². The zero-order valence-corrected chi connectivity index (χ0v) is 18.6. The van der Waals surface area contributed by atoms with Gasteiger partial charge in [-0.1, -0.05) is 30.3 Å². The molecule has 1 aliphatic rings. The average molecular weight is 443 g/mol. The second kappa shape index (κ2) is 9.69. The summed E-state index contributed by atoms with van der Waals surface area (Å²) in [7, 11) is 0. The third-order valence-electron chi connectivity index (χ3n) is 5.05. The van der Waals surface area contributed by atoms with Crippen LogP contribution in [0, 0.1) is 51.2 Å². The molecule has 9 heteroatoms. The monoisotopic (exact) mass is 443 g/mol. The van der Waals surface area contributed by atoms with Gasteiger partial charge in [0.25, 0.3) is 11.2 Å². The van der Waals surface area contributed by atoms with Crippen LogP contribution >= 0.6 is 0 Å². The molecular weight excluding hydrogens is 422 g/mol. The van der Waals surface area contributed by atoms with Crippen LogP contribution in [0.15, 0.2) is 52.9 Å². The van der Waals surface area contributed by atoms with Gasteiger partial charge in [-0.25, -0.2) is 9.59 Å². The Morgan fingerprint density at radius 1 is 0.848 bits per heavy atom. The Kier molecular flexibility index (Phi) is 7.24. The van der Waals surface area contributed by atoms with E-state index in [1.807, 2.05) is 18.2 Å². The molecule has 0 saturated heterocycles. The van der Waals surface area contributed by atoms with Gasteiger partial charge < -0.3 is 14.8 Å². The van der Waals surface area contributed by atoms with E-state index in [0.29, 0.717) is 11.4 Å². The number of nitrogens with zero attached hydrogens (tertiary/aromatic N) is 4. The average Bonchev–Trinajstić information content (AvgIpc) is 2.79. The fourth-order valence-electron chi connectivity index (χ4n) is 3.35. The lowest BCUT2D eigenvalue weighted by molar-refractivity contribution is -0.146. The number of hydrogen-bond donors (Lipinski definition) is 1. The quantitative estimate of drug-likeness (QED) is 0.652. The highest BCUT2D eigenvalue weighted by atomic mass is 16.6. The van der Waals surface area contributed by atoms with Crippen LogP contribution in [0.3, 0.4) is 0 Å². The first-order valence-electron chi connectivity index (χ1n) is 9.87. The van der Waals surface area contributed by atoms with Gasteiger partial charge in [0, 0.05) is 31.2 Å². The molecular formula is C24H21N5O4. The highest BCUT2D eigenvalue weighted by Gasteiger charge is 2.41. The molecule has 1 aromatic carbocycles. The first-order chi connectivity index (χ1) is 15.5. The molecule has 1 N–H and O–H groups in total. The van der Waals surface area contributed by atoms with Gasteiger partial charge in [0.15, 0.2) is 0 Å². The molecule has 0 saturated carbocycles. The minimum Gasteiger partial charge on any atom is -0.427 e. The van der Waals surface area contributed by atoms with Crippen molar-refractivity contribution in [3.8, 4) is 24.3 Å². The van der Waals surface area contributed by atoms with Crippen molar-refractivity contribution in [2.24, 2.45) is 5.92 Å². The van der Waals surface area contributed by atoms with Crippen molar-refractivity contribution in [2.45, 2.75) is 45.3 Å². The summed E-state index contributed by atoms with van der Waals surface area (Å²) in [5.41, 5.74) is -2.47. The molecule has 0 aliphatic carbocycles. The van der Waals surface area contributed by atoms with Crippen LogP contribution in [0.4, 0.5) is 0 Å². The van der Waals surface area contributed by atoms with E-state index in [2.05, 4.69) is 5.32 Å². The van der Waals surface area contributed by atoms with E-state index in [1.54, 1.807) is 50.3 Å².